The average molecular weight is 367 g/mol. The Morgan fingerprint density at radius 1 is 1.19 bits per heavy atom. The molecule has 2 heterocycles. The quantitative estimate of drug-likeness (QED) is 0.764. The molecular formula is C20H19ClN4O. The first-order chi connectivity index (χ1) is 12.7. The summed E-state index contributed by atoms with van der Waals surface area (Å²) in [6.45, 7) is 0.706. The van der Waals surface area contributed by atoms with E-state index in [-0.39, 0.29) is 11.9 Å². The summed E-state index contributed by atoms with van der Waals surface area (Å²) < 4.78 is 2.03. The van der Waals surface area contributed by atoms with Crippen molar-refractivity contribution >= 4 is 17.5 Å². The van der Waals surface area contributed by atoms with Crippen LogP contribution < -0.4 is 5.32 Å². The van der Waals surface area contributed by atoms with Crippen molar-refractivity contribution in [3.05, 3.63) is 82.4 Å². The van der Waals surface area contributed by atoms with Gasteiger partial charge in [-0.1, -0.05) is 23.7 Å². The molecule has 26 heavy (non-hydrogen) atoms. The van der Waals surface area contributed by atoms with Crippen molar-refractivity contribution in [3.63, 3.8) is 0 Å². The summed E-state index contributed by atoms with van der Waals surface area (Å²) in [5.41, 5.74) is 4.10. The first kappa shape index (κ1) is 16.8. The van der Waals surface area contributed by atoms with Crippen LogP contribution in [-0.2, 0) is 13.0 Å². The van der Waals surface area contributed by atoms with Crippen LogP contribution in [0.3, 0.4) is 0 Å². The van der Waals surface area contributed by atoms with E-state index in [9.17, 15) is 4.79 Å². The maximum Gasteiger partial charge on any atom is 0.251 e. The van der Waals surface area contributed by atoms with E-state index < -0.39 is 0 Å². The molecule has 2 aromatic heterocycles. The molecular weight excluding hydrogens is 348 g/mol. The number of pyridine rings is 1. The van der Waals surface area contributed by atoms with Gasteiger partial charge in [-0.15, -0.1) is 0 Å². The molecule has 0 radical (unpaired) electrons. The zero-order chi connectivity index (χ0) is 17.9. The van der Waals surface area contributed by atoms with Gasteiger partial charge >= 0.3 is 0 Å². The molecule has 6 heteroatoms. The van der Waals surface area contributed by atoms with E-state index in [0.29, 0.717) is 12.1 Å². The fourth-order valence-corrected chi connectivity index (χ4v) is 3.54. The molecule has 0 aliphatic heterocycles. The zero-order valence-electron chi connectivity index (χ0n) is 14.2. The lowest BCUT2D eigenvalue weighted by Crippen LogP contribution is -2.31. The second kappa shape index (κ2) is 7.30. The molecule has 1 aromatic carbocycles. The number of aromatic nitrogens is 3. The Bertz CT molecular complexity index is 905. The van der Waals surface area contributed by atoms with Crippen LogP contribution in [0.15, 0.2) is 55.0 Å². The Morgan fingerprint density at radius 3 is 2.73 bits per heavy atom. The van der Waals surface area contributed by atoms with Crippen molar-refractivity contribution in [3.8, 4) is 0 Å². The first-order valence-corrected chi connectivity index (χ1v) is 9.08. The number of amides is 1. The van der Waals surface area contributed by atoms with Crippen molar-refractivity contribution in [2.75, 3.05) is 0 Å². The van der Waals surface area contributed by atoms with Gasteiger partial charge < -0.3 is 5.32 Å². The summed E-state index contributed by atoms with van der Waals surface area (Å²) in [6.07, 6.45) is 8.08. The Hall–Kier alpha value is -2.66. The maximum atomic E-state index is 12.5. The third-order valence-electron chi connectivity index (χ3n) is 4.76. The third-order valence-corrected chi connectivity index (χ3v) is 5.01. The van der Waals surface area contributed by atoms with E-state index in [1.54, 1.807) is 24.5 Å². The molecule has 0 spiro atoms. The number of halogens is 1. The van der Waals surface area contributed by atoms with Gasteiger partial charge in [0, 0.05) is 34.2 Å². The van der Waals surface area contributed by atoms with Crippen LogP contribution in [0.25, 0.3) is 0 Å². The Morgan fingerprint density at radius 2 is 1.96 bits per heavy atom. The summed E-state index contributed by atoms with van der Waals surface area (Å²) in [5, 5.41) is 8.44. The number of benzene rings is 1. The predicted molar refractivity (Wildman–Crippen MR) is 100 cm³/mol. The van der Waals surface area contributed by atoms with Gasteiger partial charge in [-0.2, -0.15) is 5.10 Å². The fourth-order valence-electron chi connectivity index (χ4n) is 3.41. The smallest absolute Gasteiger partial charge is 0.251 e. The van der Waals surface area contributed by atoms with Crippen LogP contribution in [0, 0.1) is 0 Å². The van der Waals surface area contributed by atoms with E-state index >= 15 is 0 Å². The molecule has 1 aliphatic carbocycles. The van der Waals surface area contributed by atoms with Crippen LogP contribution in [-0.4, -0.2) is 20.7 Å². The standard InChI is InChI=1S/C20H19ClN4O/c21-16-6-4-14(5-7-16)13-25-19-3-1-2-18(17(19)12-23-25)24-20(26)15-8-10-22-11-9-15/h4-12,18H,1-3,13H2,(H,24,26)/t18-/m0/s1. The number of fused-ring (bicyclic) bond motifs is 1. The minimum absolute atomic E-state index is 0.00150. The monoisotopic (exact) mass is 366 g/mol. The number of carbonyl (C=O) groups is 1. The molecule has 5 nitrogen and oxygen atoms in total. The van der Waals surface area contributed by atoms with E-state index in [1.165, 1.54) is 5.69 Å². The molecule has 132 valence electrons. The van der Waals surface area contributed by atoms with Gasteiger partial charge in [0.1, 0.15) is 0 Å². The maximum absolute atomic E-state index is 12.5. The topological polar surface area (TPSA) is 59.8 Å². The largest absolute Gasteiger partial charge is 0.345 e. The second-order valence-electron chi connectivity index (χ2n) is 6.48. The van der Waals surface area contributed by atoms with E-state index in [4.69, 9.17) is 11.6 Å². The van der Waals surface area contributed by atoms with Gasteiger partial charge in [0.15, 0.2) is 0 Å². The summed E-state index contributed by atoms with van der Waals surface area (Å²) in [4.78, 5) is 16.4. The first-order valence-electron chi connectivity index (χ1n) is 8.70. The van der Waals surface area contributed by atoms with E-state index in [0.717, 1.165) is 35.4 Å². The highest BCUT2D eigenvalue weighted by Gasteiger charge is 2.25. The SMILES string of the molecule is O=C(N[C@H]1CCCc2c1cnn2Cc1ccc(Cl)cc1)c1ccncc1. The Kier molecular flexibility index (Phi) is 4.71. The highest BCUT2D eigenvalue weighted by atomic mass is 35.5. The molecule has 3 aromatic rings. The molecule has 0 saturated carbocycles. The molecule has 0 unspecified atom stereocenters. The van der Waals surface area contributed by atoms with Crippen LogP contribution in [0.2, 0.25) is 5.02 Å². The minimum atomic E-state index is -0.0734. The lowest BCUT2D eigenvalue weighted by atomic mass is 9.92. The predicted octanol–water partition coefficient (Wildman–Crippen LogP) is 3.79. The number of rotatable bonds is 4. The van der Waals surface area contributed by atoms with Crippen molar-refractivity contribution in [1.29, 1.82) is 0 Å². The highest BCUT2D eigenvalue weighted by Crippen LogP contribution is 2.30. The van der Waals surface area contributed by atoms with Crippen molar-refractivity contribution < 1.29 is 4.79 Å². The molecule has 0 saturated heterocycles. The van der Waals surface area contributed by atoms with Gasteiger partial charge in [-0.05, 0) is 49.1 Å². The van der Waals surface area contributed by atoms with Gasteiger partial charge in [0.2, 0.25) is 0 Å². The van der Waals surface area contributed by atoms with Gasteiger partial charge in [0.25, 0.3) is 5.91 Å². The second-order valence-corrected chi connectivity index (χ2v) is 6.92. The van der Waals surface area contributed by atoms with E-state index in [1.807, 2.05) is 35.1 Å². The lowest BCUT2D eigenvalue weighted by molar-refractivity contribution is 0.0932. The normalized spacial score (nSPS) is 16.1. The number of hydrogen-bond donors (Lipinski definition) is 1. The Balaban J connectivity index is 1.53. The van der Waals surface area contributed by atoms with Gasteiger partial charge in [0.05, 0.1) is 18.8 Å². The highest BCUT2D eigenvalue weighted by molar-refractivity contribution is 6.30. The number of carbonyl (C=O) groups excluding carboxylic acids is 1. The van der Waals surface area contributed by atoms with Crippen LogP contribution >= 0.6 is 11.6 Å². The molecule has 0 bridgehead atoms. The van der Waals surface area contributed by atoms with Gasteiger partial charge in [-0.25, -0.2) is 0 Å². The van der Waals surface area contributed by atoms with Crippen LogP contribution in [0.4, 0.5) is 0 Å². The third kappa shape index (κ3) is 3.48. The molecule has 4 rings (SSSR count). The van der Waals surface area contributed by atoms with E-state index in [2.05, 4.69) is 15.4 Å². The van der Waals surface area contributed by atoms with Gasteiger partial charge in [-0.3, -0.25) is 14.5 Å². The Labute approximate surface area is 157 Å². The summed E-state index contributed by atoms with van der Waals surface area (Å²) in [7, 11) is 0. The molecule has 1 atom stereocenters. The molecule has 1 aliphatic rings. The number of hydrogen-bond acceptors (Lipinski definition) is 3. The molecule has 1 N–H and O–H groups in total. The van der Waals surface area contributed by atoms with Crippen LogP contribution in [0.5, 0.6) is 0 Å². The number of nitrogens with zero attached hydrogens (tertiary/aromatic N) is 3. The summed E-state index contributed by atoms with van der Waals surface area (Å²) >= 11 is 5.96. The zero-order valence-corrected chi connectivity index (χ0v) is 15.0. The van der Waals surface area contributed by atoms with Crippen molar-refractivity contribution in [2.24, 2.45) is 0 Å². The number of nitrogens with one attached hydrogen (secondary N) is 1. The molecule has 1 amide bonds. The average Bonchev–Trinajstić information content (AvgIpc) is 3.08. The van der Waals surface area contributed by atoms with Crippen molar-refractivity contribution in [1.82, 2.24) is 20.1 Å². The summed E-state index contributed by atoms with van der Waals surface area (Å²) in [5.74, 6) is -0.0734. The summed E-state index contributed by atoms with van der Waals surface area (Å²) in [6, 6.07) is 11.3. The van der Waals surface area contributed by atoms with Crippen LogP contribution in [0.1, 0.15) is 46.1 Å². The minimum Gasteiger partial charge on any atom is -0.345 e. The fraction of sp³-hybridized carbons (Fsp3) is 0.250. The molecule has 0 fully saturated rings. The lowest BCUT2D eigenvalue weighted by Gasteiger charge is -2.24. The van der Waals surface area contributed by atoms with Crippen molar-refractivity contribution in [2.45, 2.75) is 31.8 Å².